The zero-order valence-electron chi connectivity index (χ0n) is 8.20. The topological polar surface area (TPSA) is 128 Å². The quantitative estimate of drug-likeness (QED) is 0.220. The van der Waals surface area contributed by atoms with E-state index in [0.29, 0.717) is 31.0 Å². The maximum absolute atomic E-state index is 5.36. The molecule has 14 heavy (non-hydrogen) atoms. The Hall–Kier alpha value is -0.470. The van der Waals surface area contributed by atoms with Crippen LogP contribution in [0.25, 0.3) is 0 Å². The van der Waals surface area contributed by atoms with Gasteiger partial charge in [-0.2, -0.15) is 0 Å². The predicted molar refractivity (Wildman–Crippen MR) is 62.2 cm³/mol. The van der Waals surface area contributed by atoms with E-state index in [1.54, 1.807) is 0 Å². The molecule has 0 aliphatic carbocycles. The molecule has 6 nitrogen and oxygen atoms in total. The van der Waals surface area contributed by atoms with E-state index in [0.717, 1.165) is 0 Å². The van der Waals surface area contributed by atoms with Crippen LogP contribution in [0, 0.1) is 0 Å². The van der Waals surface area contributed by atoms with Gasteiger partial charge in [0.15, 0.2) is 5.11 Å². The van der Waals surface area contributed by atoms with E-state index in [4.69, 9.17) is 35.2 Å². The summed E-state index contributed by atoms with van der Waals surface area (Å²) < 4.78 is 0. The molecule has 0 atom stereocenters. The van der Waals surface area contributed by atoms with E-state index < -0.39 is 0 Å². The molecule has 0 aliphatic heterocycles. The minimum atomic E-state index is -0.303. The zero-order chi connectivity index (χ0) is 11.0. The Morgan fingerprint density at radius 2 is 1.29 bits per heavy atom. The highest BCUT2D eigenvalue weighted by Gasteiger charge is 1.98. The highest BCUT2D eigenvalue weighted by molar-refractivity contribution is 7.80. The van der Waals surface area contributed by atoms with Gasteiger partial charge in [-0.05, 0) is 25.1 Å². The number of hydrogen-bond donors (Lipinski definition) is 6. The van der Waals surface area contributed by atoms with Gasteiger partial charge >= 0.3 is 0 Å². The summed E-state index contributed by atoms with van der Waals surface area (Å²) in [5.74, 6) is 0. The smallest absolute Gasteiger partial charge is 0.166 e. The number of thiocarbonyl (C=S) groups is 1. The van der Waals surface area contributed by atoms with Gasteiger partial charge in [-0.1, -0.05) is 0 Å². The fraction of sp³-hybridized carbons (Fsp3) is 0.857. The van der Waals surface area contributed by atoms with Crippen molar-refractivity contribution in [2.45, 2.75) is 25.2 Å². The van der Waals surface area contributed by atoms with Crippen molar-refractivity contribution in [3.8, 4) is 0 Å². The van der Waals surface area contributed by atoms with Crippen molar-refractivity contribution in [3.63, 3.8) is 0 Å². The Balaban J connectivity index is 3.28. The van der Waals surface area contributed by atoms with Crippen LogP contribution in [0.2, 0.25) is 0 Å². The van der Waals surface area contributed by atoms with Crippen molar-refractivity contribution in [1.82, 2.24) is 10.6 Å². The van der Waals surface area contributed by atoms with E-state index >= 15 is 0 Å². The first-order valence-electron chi connectivity index (χ1n) is 4.56. The Morgan fingerprint density at radius 1 is 0.929 bits per heavy atom. The fourth-order valence-corrected chi connectivity index (χ4v) is 0.971. The standard InChI is InChI=1S/C7H20N6S/c8-5(9)1-3-12-7(14)13-4-2-6(10)11/h5-6H,1-4,8-11H2,(H2,12,13,14). The molecule has 0 fully saturated rings. The predicted octanol–water partition coefficient (Wildman–Crippen LogP) is -2.28. The van der Waals surface area contributed by atoms with Gasteiger partial charge in [0.2, 0.25) is 0 Å². The second-order valence-corrected chi connectivity index (χ2v) is 3.50. The number of nitrogens with one attached hydrogen (secondary N) is 2. The SMILES string of the molecule is NC(N)CCNC(=S)NCCC(N)N. The van der Waals surface area contributed by atoms with Gasteiger partial charge in [-0.15, -0.1) is 0 Å². The lowest BCUT2D eigenvalue weighted by Crippen LogP contribution is -2.42. The fourth-order valence-electron chi connectivity index (χ4n) is 0.767. The van der Waals surface area contributed by atoms with Crippen molar-refractivity contribution in [2.24, 2.45) is 22.9 Å². The van der Waals surface area contributed by atoms with Crippen LogP contribution in [-0.2, 0) is 0 Å². The highest BCUT2D eigenvalue weighted by Crippen LogP contribution is 1.79. The molecule has 0 amide bonds. The average Bonchev–Trinajstić information content (AvgIpc) is 2.02. The molecule has 0 rings (SSSR count). The van der Waals surface area contributed by atoms with E-state index in [2.05, 4.69) is 10.6 Å². The van der Waals surface area contributed by atoms with Crippen LogP contribution < -0.4 is 33.6 Å². The summed E-state index contributed by atoms with van der Waals surface area (Å²) in [6.45, 7) is 1.33. The van der Waals surface area contributed by atoms with Gasteiger partial charge in [0.25, 0.3) is 0 Å². The average molecular weight is 220 g/mol. The summed E-state index contributed by atoms with van der Waals surface area (Å²) in [5, 5.41) is 6.51. The van der Waals surface area contributed by atoms with Crippen molar-refractivity contribution >= 4 is 17.3 Å². The molecule has 0 heterocycles. The maximum Gasteiger partial charge on any atom is 0.166 e. The van der Waals surface area contributed by atoms with E-state index in [9.17, 15) is 0 Å². The van der Waals surface area contributed by atoms with Crippen molar-refractivity contribution < 1.29 is 0 Å². The van der Waals surface area contributed by atoms with Crippen LogP contribution in [0.3, 0.4) is 0 Å². The van der Waals surface area contributed by atoms with Crippen LogP contribution in [0.15, 0.2) is 0 Å². The Bertz CT molecular complexity index is 144. The van der Waals surface area contributed by atoms with Crippen LogP contribution in [0.1, 0.15) is 12.8 Å². The highest BCUT2D eigenvalue weighted by atomic mass is 32.1. The first kappa shape index (κ1) is 13.5. The second-order valence-electron chi connectivity index (χ2n) is 3.09. The number of hydrogen-bond acceptors (Lipinski definition) is 5. The summed E-state index contributed by atoms with van der Waals surface area (Å²) >= 11 is 4.97. The normalized spacial score (nSPS) is 10.7. The minimum Gasteiger partial charge on any atom is -0.363 e. The Kier molecular flexibility index (Phi) is 7.63. The van der Waals surface area contributed by atoms with Crippen LogP contribution >= 0.6 is 12.2 Å². The largest absolute Gasteiger partial charge is 0.363 e. The molecule has 0 spiro atoms. The lowest BCUT2D eigenvalue weighted by molar-refractivity contribution is 0.608. The van der Waals surface area contributed by atoms with Crippen molar-refractivity contribution in [1.29, 1.82) is 0 Å². The van der Waals surface area contributed by atoms with Crippen molar-refractivity contribution in [2.75, 3.05) is 13.1 Å². The van der Waals surface area contributed by atoms with Crippen LogP contribution in [0.5, 0.6) is 0 Å². The molecular weight excluding hydrogens is 200 g/mol. The van der Waals surface area contributed by atoms with E-state index in [1.165, 1.54) is 0 Å². The van der Waals surface area contributed by atoms with Crippen LogP contribution in [0.4, 0.5) is 0 Å². The van der Waals surface area contributed by atoms with Gasteiger partial charge < -0.3 is 33.6 Å². The van der Waals surface area contributed by atoms with Gasteiger partial charge in [-0.25, -0.2) is 0 Å². The Morgan fingerprint density at radius 3 is 1.57 bits per heavy atom. The van der Waals surface area contributed by atoms with E-state index in [-0.39, 0.29) is 12.3 Å². The molecule has 0 saturated carbocycles. The molecule has 0 aromatic carbocycles. The molecule has 7 heteroatoms. The third-order valence-corrected chi connectivity index (χ3v) is 1.82. The second kappa shape index (κ2) is 7.89. The molecule has 10 N–H and O–H groups in total. The third kappa shape index (κ3) is 9.62. The monoisotopic (exact) mass is 220 g/mol. The van der Waals surface area contributed by atoms with Gasteiger partial charge in [0, 0.05) is 13.1 Å². The zero-order valence-corrected chi connectivity index (χ0v) is 9.02. The minimum absolute atomic E-state index is 0.303. The third-order valence-electron chi connectivity index (χ3n) is 1.53. The van der Waals surface area contributed by atoms with E-state index in [1.807, 2.05) is 0 Å². The van der Waals surface area contributed by atoms with Crippen molar-refractivity contribution in [3.05, 3.63) is 0 Å². The summed E-state index contributed by atoms with van der Waals surface area (Å²) in [7, 11) is 0. The van der Waals surface area contributed by atoms with Crippen LogP contribution in [-0.4, -0.2) is 30.5 Å². The lowest BCUT2D eigenvalue weighted by atomic mass is 10.3. The summed E-state index contributed by atoms with van der Waals surface area (Å²) in [5.41, 5.74) is 21.4. The summed E-state index contributed by atoms with van der Waals surface area (Å²) in [6.07, 6.45) is 0.752. The molecule has 0 saturated heterocycles. The number of rotatable bonds is 6. The number of nitrogens with two attached hydrogens (primary N) is 4. The van der Waals surface area contributed by atoms with Gasteiger partial charge in [-0.3, -0.25) is 0 Å². The van der Waals surface area contributed by atoms with Gasteiger partial charge in [0.1, 0.15) is 0 Å². The first-order chi connectivity index (χ1) is 6.52. The molecule has 0 aromatic heterocycles. The Labute approximate surface area is 89.7 Å². The molecular formula is C7H20N6S. The maximum atomic E-state index is 5.36. The molecule has 0 unspecified atom stereocenters. The molecule has 0 radical (unpaired) electrons. The molecule has 0 bridgehead atoms. The molecule has 84 valence electrons. The summed E-state index contributed by atoms with van der Waals surface area (Å²) in [4.78, 5) is 0. The lowest BCUT2D eigenvalue weighted by Gasteiger charge is -2.12. The summed E-state index contributed by atoms with van der Waals surface area (Å²) in [6, 6.07) is 0. The molecule has 0 aromatic rings. The first-order valence-corrected chi connectivity index (χ1v) is 4.97. The van der Waals surface area contributed by atoms with Gasteiger partial charge in [0.05, 0.1) is 12.3 Å². The molecule has 0 aliphatic rings.